The molecule has 0 saturated carbocycles. The Morgan fingerprint density at radius 1 is 1.30 bits per heavy atom. The van der Waals surface area contributed by atoms with E-state index < -0.39 is 11.7 Å². The van der Waals surface area contributed by atoms with Gasteiger partial charge in [-0.1, -0.05) is 13.8 Å². The minimum absolute atomic E-state index is 0.432. The maximum atomic E-state index is 9.31. The third-order valence-corrected chi connectivity index (χ3v) is 1.51. The number of hydrogen-bond donors (Lipinski definition) is 2. The van der Waals surface area contributed by atoms with Crippen molar-refractivity contribution in [2.75, 3.05) is 0 Å². The lowest BCUT2D eigenvalue weighted by atomic mass is 9.94. The predicted molar refractivity (Wildman–Crippen MR) is 41.8 cm³/mol. The minimum atomic E-state index is -0.954. The van der Waals surface area contributed by atoms with Gasteiger partial charge in [-0.3, -0.25) is 0 Å². The van der Waals surface area contributed by atoms with E-state index in [0.717, 1.165) is 0 Å². The Bertz CT molecular complexity index is 91.9. The number of hydrogen-bond acceptors (Lipinski definition) is 2. The smallest absolute Gasteiger partial charge is 0.0849 e. The van der Waals surface area contributed by atoms with Crippen LogP contribution >= 0.6 is 0 Å². The van der Waals surface area contributed by atoms with Crippen LogP contribution in [-0.2, 0) is 0 Å². The standard InChI is InChI=1S/C8H18O2/c1-6(2)5-7(9)8(3,4)10/h6-7,9-10H,5H2,1-4H3/t7-/m1/s1. The summed E-state index contributed by atoms with van der Waals surface area (Å²) in [5, 5.41) is 18.6. The van der Waals surface area contributed by atoms with Crippen LogP contribution in [0.3, 0.4) is 0 Å². The molecule has 0 aliphatic carbocycles. The summed E-state index contributed by atoms with van der Waals surface area (Å²) >= 11 is 0. The lowest BCUT2D eigenvalue weighted by molar-refractivity contribution is -0.0564. The van der Waals surface area contributed by atoms with E-state index in [4.69, 9.17) is 0 Å². The van der Waals surface area contributed by atoms with Crippen molar-refractivity contribution in [3.63, 3.8) is 0 Å². The lowest BCUT2D eigenvalue weighted by Gasteiger charge is -2.25. The SMILES string of the molecule is CC(C)C[C@@H](O)C(C)(C)O. The molecule has 0 aromatic heterocycles. The molecule has 2 N–H and O–H groups in total. The molecule has 2 heteroatoms. The molecule has 2 nitrogen and oxygen atoms in total. The topological polar surface area (TPSA) is 40.5 Å². The van der Waals surface area contributed by atoms with E-state index in [9.17, 15) is 10.2 Å². The fourth-order valence-electron chi connectivity index (χ4n) is 0.735. The Labute approximate surface area is 62.9 Å². The van der Waals surface area contributed by atoms with Gasteiger partial charge < -0.3 is 10.2 Å². The third-order valence-electron chi connectivity index (χ3n) is 1.51. The molecule has 62 valence electrons. The molecular weight excluding hydrogens is 128 g/mol. The zero-order valence-corrected chi connectivity index (χ0v) is 7.26. The van der Waals surface area contributed by atoms with Crippen molar-refractivity contribution in [1.82, 2.24) is 0 Å². The molecule has 0 aliphatic heterocycles. The highest BCUT2D eigenvalue weighted by molar-refractivity contribution is 4.76. The van der Waals surface area contributed by atoms with Gasteiger partial charge >= 0.3 is 0 Å². The summed E-state index contributed by atoms with van der Waals surface area (Å²) in [5.41, 5.74) is -0.954. The van der Waals surface area contributed by atoms with Gasteiger partial charge in [0.05, 0.1) is 11.7 Å². The first-order valence-corrected chi connectivity index (χ1v) is 3.74. The van der Waals surface area contributed by atoms with Crippen LogP contribution < -0.4 is 0 Å². The summed E-state index contributed by atoms with van der Waals surface area (Å²) in [6.07, 6.45) is 0.0521. The Balaban J connectivity index is 3.73. The van der Waals surface area contributed by atoms with Gasteiger partial charge in [-0.15, -0.1) is 0 Å². The summed E-state index contributed by atoms with van der Waals surface area (Å²) in [6, 6.07) is 0. The molecule has 0 aromatic carbocycles. The van der Waals surface area contributed by atoms with Gasteiger partial charge in [-0.05, 0) is 26.2 Å². The first-order chi connectivity index (χ1) is 4.34. The molecular formula is C8H18O2. The molecule has 0 unspecified atom stereocenters. The van der Waals surface area contributed by atoms with Crippen molar-refractivity contribution in [3.05, 3.63) is 0 Å². The molecule has 0 aromatic rings. The van der Waals surface area contributed by atoms with Crippen molar-refractivity contribution < 1.29 is 10.2 Å². The minimum Gasteiger partial charge on any atom is -0.390 e. The fourth-order valence-corrected chi connectivity index (χ4v) is 0.735. The first kappa shape index (κ1) is 9.92. The Kier molecular flexibility index (Phi) is 3.33. The highest BCUT2D eigenvalue weighted by Crippen LogP contribution is 2.15. The van der Waals surface area contributed by atoms with E-state index in [1.165, 1.54) is 0 Å². The molecule has 10 heavy (non-hydrogen) atoms. The normalized spacial score (nSPS) is 15.9. The maximum absolute atomic E-state index is 9.31. The number of rotatable bonds is 3. The van der Waals surface area contributed by atoms with Crippen LogP contribution in [-0.4, -0.2) is 21.9 Å². The molecule has 0 saturated heterocycles. The summed E-state index contributed by atoms with van der Waals surface area (Å²) in [7, 11) is 0. The van der Waals surface area contributed by atoms with Gasteiger partial charge in [0.25, 0.3) is 0 Å². The summed E-state index contributed by atoms with van der Waals surface area (Å²) < 4.78 is 0. The molecule has 0 aliphatic rings. The van der Waals surface area contributed by atoms with Crippen molar-refractivity contribution in [2.45, 2.75) is 45.8 Å². The molecule has 0 amide bonds. The highest BCUT2D eigenvalue weighted by atomic mass is 16.3. The number of aliphatic hydroxyl groups excluding tert-OH is 1. The molecule has 0 bridgehead atoms. The van der Waals surface area contributed by atoms with E-state index in [1.807, 2.05) is 13.8 Å². The van der Waals surface area contributed by atoms with E-state index in [2.05, 4.69) is 0 Å². The summed E-state index contributed by atoms with van der Waals surface area (Å²) in [5.74, 6) is 0.432. The quantitative estimate of drug-likeness (QED) is 0.627. The zero-order valence-electron chi connectivity index (χ0n) is 7.26. The van der Waals surface area contributed by atoms with Crippen LogP contribution in [0.2, 0.25) is 0 Å². The van der Waals surface area contributed by atoms with Gasteiger partial charge in [-0.25, -0.2) is 0 Å². The van der Waals surface area contributed by atoms with Crippen molar-refractivity contribution in [1.29, 1.82) is 0 Å². The van der Waals surface area contributed by atoms with Crippen LogP contribution in [0, 0.1) is 5.92 Å². The monoisotopic (exact) mass is 146 g/mol. The van der Waals surface area contributed by atoms with Gasteiger partial charge in [0.1, 0.15) is 0 Å². The fraction of sp³-hybridized carbons (Fsp3) is 1.00. The molecule has 0 heterocycles. The van der Waals surface area contributed by atoms with Crippen LogP contribution in [0.1, 0.15) is 34.1 Å². The van der Waals surface area contributed by atoms with E-state index in [1.54, 1.807) is 13.8 Å². The Morgan fingerprint density at radius 3 is 1.80 bits per heavy atom. The molecule has 0 radical (unpaired) electrons. The van der Waals surface area contributed by atoms with Gasteiger partial charge in [-0.2, -0.15) is 0 Å². The first-order valence-electron chi connectivity index (χ1n) is 3.74. The average molecular weight is 146 g/mol. The predicted octanol–water partition coefficient (Wildman–Crippen LogP) is 1.16. The third kappa shape index (κ3) is 3.85. The second kappa shape index (κ2) is 3.35. The lowest BCUT2D eigenvalue weighted by Crippen LogP contribution is -2.36. The second-order valence-electron chi connectivity index (χ2n) is 3.80. The number of aliphatic hydroxyl groups is 2. The van der Waals surface area contributed by atoms with Crippen molar-refractivity contribution >= 4 is 0 Å². The van der Waals surface area contributed by atoms with Crippen molar-refractivity contribution in [2.24, 2.45) is 5.92 Å². The van der Waals surface area contributed by atoms with Crippen LogP contribution in [0.4, 0.5) is 0 Å². The maximum Gasteiger partial charge on any atom is 0.0849 e. The molecule has 0 spiro atoms. The molecule has 1 atom stereocenters. The van der Waals surface area contributed by atoms with Gasteiger partial charge in [0.2, 0.25) is 0 Å². The Morgan fingerprint density at radius 2 is 1.70 bits per heavy atom. The zero-order chi connectivity index (χ0) is 8.36. The average Bonchev–Trinajstić information content (AvgIpc) is 1.60. The highest BCUT2D eigenvalue weighted by Gasteiger charge is 2.24. The summed E-state index contributed by atoms with van der Waals surface area (Å²) in [6.45, 7) is 7.30. The van der Waals surface area contributed by atoms with Crippen molar-refractivity contribution in [3.8, 4) is 0 Å². The van der Waals surface area contributed by atoms with Gasteiger partial charge in [0, 0.05) is 0 Å². The van der Waals surface area contributed by atoms with E-state index in [0.29, 0.717) is 12.3 Å². The van der Waals surface area contributed by atoms with E-state index in [-0.39, 0.29) is 0 Å². The molecule has 0 fully saturated rings. The second-order valence-corrected chi connectivity index (χ2v) is 3.80. The largest absolute Gasteiger partial charge is 0.390 e. The molecule has 0 rings (SSSR count). The van der Waals surface area contributed by atoms with Gasteiger partial charge in [0.15, 0.2) is 0 Å². The Hall–Kier alpha value is -0.0800. The van der Waals surface area contributed by atoms with E-state index >= 15 is 0 Å². The van der Waals surface area contributed by atoms with Crippen LogP contribution in [0.25, 0.3) is 0 Å². The van der Waals surface area contributed by atoms with Crippen LogP contribution in [0.15, 0.2) is 0 Å². The summed E-state index contributed by atoms with van der Waals surface area (Å²) in [4.78, 5) is 0. The van der Waals surface area contributed by atoms with Crippen LogP contribution in [0.5, 0.6) is 0 Å².